The largest absolute Gasteiger partial charge is 0.392 e. The van der Waals surface area contributed by atoms with E-state index in [1.54, 1.807) is 0 Å². The lowest BCUT2D eigenvalue weighted by Crippen LogP contribution is -2.49. The number of hydrogen-bond donors (Lipinski definition) is 2. The number of nitrogens with one attached hydrogen (secondary N) is 1. The normalized spacial score (nSPS) is 17.2. The minimum Gasteiger partial charge on any atom is -0.392 e. The van der Waals surface area contributed by atoms with Crippen molar-refractivity contribution in [2.45, 2.75) is 44.6 Å². The van der Waals surface area contributed by atoms with E-state index in [0.29, 0.717) is 17.3 Å². The van der Waals surface area contributed by atoms with Crippen LogP contribution in [0.15, 0.2) is 28.7 Å². The van der Waals surface area contributed by atoms with Crippen LogP contribution in [0.3, 0.4) is 0 Å². The summed E-state index contributed by atoms with van der Waals surface area (Å²) in [6.07, 6.45) is 6.23. The molecule has 2 rings (SSSR count). The number of halogens is 1. The average Bonchev–Trinajstić information content (AvgIpc) is 2.48. The number of carbonyl (C=O) groups is 1. The van der Waals surface area contributed by atoms with Crippen LogP contribution in [-0.4, -0.2) is 16.9 Å². The number of carbonyl (C=O) groups excluding carboxylic acids is 1. The van der Waals surface area contributed by atoms with Gasteiger partial charge in [0.25, 0.3) is 0 Å². The molecule has 0 heterocycles. The molecule has 0 spiro atoms. The van der Waals surface area contributed by atoms with Crippen LogP contribution < -0.4 is 11.1 Å². The van der Waals surface area contributed by atoms with Gasteiger partial charge in [0.15, 0.2) is 0 Å². The molecule has 114 valence electrons. The Hall–Kier alpha value is -0.940. The number of rotatable bonds is 5. The van der Waals surface area contributed by atoms with Crippen molar-refractivity contribution in [3.05, 3.63) is 34.3 Å². The van der Waals surface area contributed by atoms with Gasteiger partial charge in [0.05, 0.1) is 17.5 Å². The summed E-state index contributed by atoms with van der Waals surface area (Å²) in [5.41, 5.74) is 6.83. The zero-order valence-electron chi connectivity index (χ0n) is 12.0. The van der Waals surface area contributed by atoms with E-state index in [1.165, 1.54) is 19.3 Å². The molecular weight excluding hydrogens is 348 g/mol. The molecule has 1 aromatic rings. The predicted octanol–water partition coefficient (Wildman–Crippen LogP) is 3.34. The summed E-state index contributed by atoms with van der Waals surface area (Å²) in [5, 5.41) is 3.03. The molecule has 5 heteroatoms. The molecule has 1 saturated carbocycles. The Morgan fingerprint density at radius 1 is 1.29 bits per heavy atom. The topological polar surface area (TPSA) is 55.1 Å². The lowest BCUT2D eigenvalue weighted by molar-refractivity contribution is -0.121. The lowest BCUT2D eigenvalue weighted by atomic mass is 9.83. The summed E-state index contributed by atoms with van der Waals surface area (Å²) in [4.78, 5) is 12.6. The molecule has 0 radical (unpaired) electrons. The Kier molecular flexibility index (Phi) is 6.18. The van der Waals surface area contributed by atoms with Crippen LogP contribution in [0.4, 0.5) is 0 Å². The van der Waals surface area contributed by atoms with Crippen molar-refractivity contribution < 1.29 is 4.79 Å². The van der Waals surface area contributed by atoms with Crippen LogP contribution in [-0.2, 0) is 11.2 Å². The number of nitrogens with two attached hydrogens (primary N) is 1. The van der Waals surface area contributed by atoms with Crippen LogP contribution in [0.2, 0.25) is 0 Å². The summed E-state index contributed by atoms with van der Waals surface area (Å²) in [7, 11) is 0. The van der Waals surface area contributed by atoms with Gasteiger partial charge in [0.1, 0.15) is 0 Å². The molecule has 0 bridgehead atoms. The van der Waals surface area contributed by atoms with Crippen LogP contribution in [0, 0.1) is 5.92 Å². The Morgan fingerprint density at radius 3 is 2.48 bits per heavy atom. The van der Waals surface area contributed by atoms with Crippen molar-refractivity contribution >= 4 is 39.0 Å². The summed E-state index contributed by atoms with van der Waals surface area (Å²) in [5.74, 6) is 0.380. The second-order valence-electron chi connectivity index (χ2n) is 5.65. The van der Waals surface area contributed by atoms with Gasteiger partial charge < -0.3 is 11.1 Å². The monoisotopic (exact) mass is 368 g/mol. The van der Waals surface area contributed by atoms with Gasteiger partial charge in [-0.25, -0.2) is 0 Å². The van der Waals surface area contributed by atoms with Crippen molar-refractivity contribution in [2.75, 3.05) is 0 Å². The zero-order valence-corrected chi connectivity index (χ0v) is 14.4. The van der Waals surface area contributed by atoms with Gasteiger partial charge in [-0.3, -0.25) is 4.79 Å². The first-order chi connectivity index (χ1) is 10.1. The van der Waals surface area contributed by atoms with E-state index < -0.39 is 0 Å². The second-order valence-corrected chi connectivity index (χ2v) is 7.04. The first-order valence-electron chi connectivity index (χ1n) is 7.39. The van der Waals surface area contributed by atoms with E-state index in [1.807, 2.05) is 24.3 Å². The van der Waals surface area contributed by atoms with Crippen molar-refractivity contribution in [1.29, 1.82) is 0 Å². The maximum atomic E-state index is 12.2. The standard InChI is InChI=1S/C16H21BrN2OS/c17-13-8-6-11(7-9-13)10-14(20)19-15(16(18)21)12-4-2-1-3-5-12/h6-9,12,15H,1-5,10H2,(H2,18,21)(H,19,20). The fraction of sp³-hybridized carbons (Fsp3) is 0.500. The molecule has 0 saturated heterocycles. The second kappa shape index (κ2) is 7.90. The van der Waals surface area contributed by atoms with Gasteiger partial charge in [-0.1, -0.05) is 59.5 Å². The first kappa shape index (κ1) is 16.4. The third-order valence-electron chi connectivity index (χ3n) is 4.02. The highest BCUT2D eigenvalue weighted by Gasteiger charge is 2.27. The summed E-state index contributed by atoms with van der Waals surface area (Å²) < 4.78 is 1.01. The van der Waals surface area contributed by atoms with Gasteiger partial charge in [0, 0.05) is 4.47 Å². The Labute approximate surface area is 139 Å². The highest BCUT2D eigenvalue weighted by molar-refractivity contribution is 9.10. The summed E-state index contributed by atoms with van der Waals surface area (Å²) in [6.45, 7) is 0. The van der Waals surface area contributed by atoms with Crippen molar-refractivity contribution in [3.8, 4) is 0 Å². The number of thiocarbonyl (C=S) groups is 1. The van der Waals surface area contributed by atoms with Gasteiger partial charge >= 0.3 is 0 Å². The van der Waals surface area contributed by atoms with E-state index in [2.05, 4.69) is 21.2 Å². The van der Waals surface area contributed by atoms with E-state index >= 15 is 0 Å². The minimum atomic E-state index is -0.164. The van der Waals surface area contributed by atoms with Crippen molar-refractivity contribution in [3.63, 3.8) is 0 Å². The maximum Gasteiger partial charge on any atom is 0.224 e. The van der Waals surface area contributed by atoms with E-state index in [9.17, 15) is 4.79 Å². The molecule has 21 heavy (non-hydrogen) atoms. The minimum absolute atomic E-state index is 0.0132. The molecule has 1 aliphatic rings. The fourth-order valence-electron chi connectivity index (χ4n) is 2.90. The number of benzene rings is 1. The van der Waals surface area contributed by atoms with E-state index in [0.717, 1.165) is 22.9 Å². The number of hydrogen-bond acceptors (Lipinski definition) is 2. The third kappa shape index (κ3) is 5.08. The molecule has 3 N–H and O–H groups in total. The Bertz CT molecular complexity index is 498. The molecule has 3 nitrogen and oxygen atoms in total. The highest BCUT2D eigenvalue weighted by atomic mass is 79.9. The van der Waals surface area contributed by atoms with Crippen LogP contribution in [0.25, 0.3) is 0 Å². The van der Waals surface area contributed by atoms with E-state index in [4.69, 9.17) is 18.0 Å². The van der Waals surface area contributed by atoms with Crippen LogP contribution in [0.1, 0.15) is 37.7 Å². The lowest BCUT2D eigenvalue weighted by Gasteiger charge is -2.30. The summed E-state index contributed by atoms with van der Waals surface area (Å²) >= 11 is 8.54. The van der Waals surface area contributed by atoms with Gasteiger partial charge in [0.2, 0.25) is 5.91 Å². The van der Waals surface area contributed by atoms with Gasteiger partial charge in [-0.15, -0.1) is 0 Å². The molecule has 1 fully saturated rings. The predicted molar refractivity (Wildman–Crippen MR) is 93.1 cm³/mol. The first-order valence-corrected chi connectivity index (χ1v) is 8.59. The quantitative estimate of drug-likeness (QED) is 0.783. The van der Waals surface area contributed by atoms with Crippen LogP contribution in [0.5, 0.6) is 0 Å². The molecule has 0 aliphatic heterocycles. The molecular formula is C16H21BrN2OS. The number of amides is 1. The van der Waals surface area contributed by atoms with Crippen molar-refractivity contribution in [1.82, 2.24) is 5.32 Å². The molecule has 0 aromatic heterocycles. The van der Waals surface area contributed by atoms with Gasteiger partial charge in [-0.05, 0) is 36.5 Å². The molecule has 1 unspecified atom stereocenters. The maximum absolute atomic E-state index is 12.2. The highest BCUT2D eigenvalue weighted by Crippen LogP contribution is 2.26. The zero-order chi connectivity index (χ0) is 15.2. The molecule has 1 aromatic carbocycles. The van der Waals surface area contributed by atoms with Crippen LogP contribution >= 0.6 is 28.1 Å². The van der Waals surface area contributed by atoms with E-state index in [-0.39, 0.29) is 11.9 Å². The Morgan fingerprint density at radius 2 is 1.90 bits per heavy atom. The third-order valence-corrected chi connectivity index (χ3v) is 4.80. The van der Waals surface area contributed by atoms with Gasteiger partial charge in [-0.2, -0.15) is 0 Å². The SMILES string of the molecule is NC(=S)C(NC(=O)Cc1ccc(Br)cc1)C1CCCCC1. The fourth-order valence-corrected chi connectivity index (χ4v) is 3.42. The Balaban J connectivity index is 1.94. The smallest absolute Gasteiger partial charge is 0.224 e. The summed E-state index contributed by atoms with van der Waals surface area (Å²) in [6, 6.07) is 7.60. The molecule has 1 aliphatic carbocycles. The van der Waals surface area contributed by atoms with Crippen molar-refractivity contribution in [2.24, 2.45) is 11.7 Å². The molecule has 1 amide bonds. The average molecular weight is 369 g/mol. The molecule has 1 atom stereocenters.